The number of carbonyl (C=O) groups excluding carboxylic acids is 2. The Labute approximate surface area is 149 Å². The van der Waals surface area contributed by atoms with Gasteiger partial charge in [-0.15, -0.1) is 0 Å². The van der Waals surface area contributed by atoms with Gasteiger partial charge in [-0.05, 0) is 62.4 Å². The van der Waals surface area contributed by atoms with E-state index >= 15 is 0 Å². The Bertz CT molecular complexity index is 597. The summed E-state index contributed by atoms with van der Waals surface area (Å²) in [5.41, 5.74) is 0.854. The minimum Gasteiger partial charge on any atom is -0.458 e. The number of rotatable bonds is 2. The lowest BCUT2D eigenvalue weighted by molar-refractivity contribution is -0.298. The molecule has 4 aliphatic rings. The van der Waals surface area contributed by atoms with Crippen LogP contribution in [0.1, 0.15) is 58.8 Å². The Kier molecular flexibility index (Phi) is 4.38. The number of ether oxygens (including phenoxy) is 3. The van der Waals surface area contributed by atoms with Gasteiger partial charge < -0.3 is 14.2 Å². The molecule has 0 radical (unpaired) electrons. The highest BCUT2D eigenvalue weighted by Crippen LogP contribution is 2.54. The molecule has 1 saturated heterocycles. The molecule has 0 aromatic carbocycles. The summed E-state index contributed by atoms with van der Waals surface area (Å²) in [5.74, 6) is 0.884. The van der Waals surface area contributed by atoms with E-state index in [4.69, 9.17) is 14.2 Å². The van der Waals surface area contributed by atoms with Crippen LogP contribution in [0.3, 0.4) is 0 Å². The summed E-state index contributed by atoms with van der Waals surface area (Å²) < 4.78 is 17.4. The molecule has 0 amide bonds. The van der Waals surface area contributed by atoms with E-state index < -0.39 is 5.60 Å². The fourth-order valence-corrected chi connectivity index (χ4v) is 5.71. The zero-order valence-corrected chi connectivity index (χ0v) is 15.2. The standard InChI is InChI=1S/C20H28O5/c1-12(21)24-18-10-15-6-7-19-20(11-23-19,25-13(2)22)17(15)9-14-4-3-5-16(18)8-14/h5,14-15,17-19H,3-4,6-11H2,1-2H3. The third kappa shape index (κ3) is 3.01. The zero-order chi connectivity index (χ0) is 17.6. The molecule has 1 aliphatic heterocycles. The molecule has 2 saturated carbocycles. The van der Waals surface area contributed by atoms with Crippen molar-refractivity contribution in [2.75, 3.05) is 6.61 Å². The molecule has 3 aliphatic carbocycles. The second-order valence-corrected chi connectivity index (χ2v) is 8.29. The highest BCUT2D eigenvalue weighted by atomic mass is 16.6. The number of fused-ring (bicyclic) bond motifs is 5. The van der Waals surface area contributed by atoms with Gasteiger partial charge in [0.05, 0.1) is 6.61 Å². The van der Waals surface area contributed by atoms with Crippen LogP contribution >= 0.6 is 0 Å². The van der Waals surface area contributed by atoms with E-state index in [1.807, 2.05) is 0 Å². The maximum atomic E-state index is 11.8. The summed E-state index contributed by atoms with van der Waals surface area (Å²) in [4.78, 5) is 23.4. The number of hydrogen-bond acceptors (Lipinski definition) is 5. The summed E-state index contributed by atoms with van der Waals surface area (Å²) in [7, 11) is 0. The second-order valence-electron chi connectivity index (χ2n) is 8.29. The zero-order valence-electron chi connectivity index (χ0n) is 15.2. The van der Waals surface area contributed by atoms with Crippen molar-refractivity contribution in [3.63, 3.8) is 0 Å². The Morgan fingerprint density at radius 3 is 2.68 bits per heavy atom. The predicted octanol–water partition coefficient (Wildman–Crippen LogP) is 3.17. The van der Waals surface area contributed by atoms with Crippen LogP contribution in [0.15, 0.2) is 11.6 Å². The van der Waals surface area contributed by atoms with E-state index in [9.17, 15) is 9.59 Å². The minimum atomic E-state index is -0.450. The Hall–Kier alpha value is -1.36. The van der Waals surface area contributed by atoms with Gasteiger partial charge in [0.15, 0.2) is 5.60 Å². The first-order chi connectivity index (χ1) is 12.0. The molecule has 0 spiro atoms. The lowest BCUT2D eigenvalue weighted by Crippen LogP contribution is -2.69. The van der Waals surface area contributed by atoms with Crippen LogP contribution in [-0.4, -0.2) is 36.4 Å². The van der Waals surface area contributed by atoms with Crippen LogP contribution in [0.2, 0.25) is 0 Å². The second kappa shape index (κ2) is 6.42. The van der Waals surface area contributed by atoms with E-state index in [0.29, 0.717) is 24.4 Å². The molecule has 138 valence electrons. The van der Waals surface area contributed by atoms with Gasteiger partial charge in [-0.3, -0.25) is 9.59 Å². The summed E-state index contributed by atoms with van der Waals surface area (Å²) >= 11 is 0. The highest BCUT2D eigenvalue weighted by Gasteiger charge is 2.61. The first kappa shape index (κ1) is 17.1. The summed E-state index contributed by atoms with van der Waals surface area (Å²) in [6, 6.07) is 0. The van der Waals surface area contributed by atoms with Crippen LogP contribution in [-0.2, 0) is 23.8 Å². The fourth-order valence-electron chi connectivity index (χ4n) is 5.71. The summed E-state index contributed by atoms with van der Waals surface area (Å²) in [6.07, 6.45) is 9.34. The normalized spacial score (nSPS) is 42.5. The van der Waals surface area contributed by atoms with E-state index in [1.54, 1.807) is 0 Å². The van der Waals surface area contributed by atoms with Crippen molar-refractivity contribution in [2.24, 2.45) is 17.8 Å². The molecule has 25 heavy (non-hydrogen) atoms. The molecule has 0 N–H and O–H groups in total. The Balaban J connectivity index is 1.64. The van der Waals surface area contributed by atoms with Crippen LogP contribution in [0.4, 0.5) is 0 Å². The van der Waals surface area contributed by atoms with Crippen molar-refractivity contribution in [2.45, 2.75) is 76.6 Å². The number of carbonyl (C=O) groups is 2. The third-order valence-corrected chi connectivity index (χ3v) is 6.72. The predicted molar refractivity (Wildman–Crippen MR) is 90.7 cm³/mol. The van der Waals surface area contributed by atoms with Gasteiger partial charge >= 0.3 is 11.9 Å². The lowest BCUT2D eigenvalue weighted by Gasteiger charge is -2.59. The number of esters is 2. The van der Waals surface area contributed by atoms with Crippen molar-refractivity contribution < 1.29 is 23.8 Å². The smallest absolute Gasteiger partial charge is 0.303 e. The fraction of sp³-hybridized carbons (Fsp3) is 0.800. The lowest BCUT2D eigenvalue weighted by atomic mass is 9.58. The Morgan fingerprint density at radius 2 is 2.00 bits per heavy atom. The SMILES string of the molecule is CC(=O)OC1CC2CCC3OCC3(OC(C)=O)C2CC2CCC=C1C2. The largest absolute Gasteiger partial charge is 0.458 e. The summed E-state index contributed by atoms with van der Waals surface area (Å²) in [5, 5.41) is 0. The van der Waals surface area contributed by atoms with Gasteiger partial charge in [-0.25, -0.2) is 0 Å². The highest BCUT2D eigenvalue weighted by molar-refractivity contribution is 5.67. The monoisotopic (exact) mass is 348 g/mol. The molecular formula is C20H28O5. The quantitative estimate of drug-likeness (QED) is 0.567. The van der Waals surface area contributed by atoms with Crippen molar-refractivity contribution in [1.82, 2.24) is 0 Å². The molecule has 0 aromatic rings. The molecule has 1 heterocycles. The van der Waals surface area contributed by atoms with Gasteiger partial charge in [0.1, 0.15) is 12.2 Å². The van der Waals surface area contributed by atoms with Crippen molar-refractivity contribution >= 4 is 11.9 Å². The van der Waals surface area contributed by atoms with Gasteiger partial charge in [0.25, 0.3) is 0 Å². The molecule has 0 aromatic heterocycles. The van der Waals surface area contributed by atoms with Crippen LogP contribution in [0.5, 0.6) is 0 Å². The first-order valence-corrected chi connectivity index (χ1v) is 9.65. The molecule has 6 atom stereocenters. The van der Waals surface area contributed by atoms with Crippen molar-refractivity contribution in [3.05, 3.63) is 11.6 Å². The minimum absolute atomic E-state index is 0.0443. The molecule has 6 unspecified atom stereocenters. The third-order valence-electron chi connectivity index (χ3n) is 6.72. The van der Waals surface area contributed by atoms with Crippen LogP contribution in [0, 0.1) is 17.8 Å². The van der Waals surface area contributed by atoms with E-state index in [1.165, 1.54) is 25.8 Å². The van der Waals surface area contributed by atoms with Gasteiger partial charge in [-0.1, -0.05) is 6.08 Å². The van der Waals surface area contributed by atoms with E-state index in [-0.39, 0.29) is 24.1 Å². The number of hydrogen-bond donors (Lipinski definition) is 0. The molecule has 2 bridgehead atoms. The average molecular weight is 348 g/mol. The van der Waals surface area contributed by atoms with E-state index in [2.05, 4.69) is 6.08 Å². The molecule has 5 nitrogen and oxygen atoms in total. The van der Waals surface area contributed by atoms with Crippen molar-refractivity contribution in [1.29, 1.82) is 0 Å². The molecular weight excluding hydrogens is 320 g/mol. The van der Waals surface area contributed by atoms with Crippen molar-refractivity contribution in [3.8, 4) is 0 Å². The maximum absolute atomic E-state index is 11.8. The molecule has 4 rings (SSSR count). The maximum Gasteiger partial charge on any atom is 0.303 e. The topological polar surface area (TPSA) is 61.8 Å². The summed E-state index contributed by atoms with van der Waals surface area (Å²) in [6.45, 7) is 3.51. The first-order valence-electron chi connectivity index (χ1n) is 9.65. The average Bonchev–Trinajstić information content (AvgIpc) is 2.53. The van der Waals surface area contributed by atoms with Gasteiger partial charge in [0.2, 0.25) is 0 Å². The van der Waals surface area contributed by atoms with Gasteiger partial charge in [0, 0.05) is 19.8 Å². The van der Waals surface area contributed by atoms with E-state index in [0.717, 1.165) is 38.5 Å². The van der Waals surface area contributed by atoms with Crippen LogP contribution < -0.4 is 0 Å². The molecule has 5 heteroatoms. The number of allylic oxidation sites excluding steroid dienone is 1. The molecule has 3 fully saturated rings. The Morgan fingerprint density at radius 1 is 1.16 bits per heavy atom. The van der Waals surface area contributed by atoms with Gasteiger partial charge in [-0.2, -0.15) is 0 Å². The van der Waals surface area contributed by atoms with Crippen LogP contribution in [0.25, 0.3) is 0 Å².